The summed E-state index contributed by atoms with van der Waals surface area (Å²) in [7, 11) is 2.00. The van der Waals surface area contributed by atoms with Crippen LogP contribution >= 0.6 is 11.3 Å². The van der Waals surface area contributed by atoms with Gasteiger partial charge in [-0.05, 0) is 77.9 Å². The first-order valence-electron chi connectivity index (χ1n) is 13.1. The van der Waals surface area contributed by atoms with E-state index in [1.165, 1.54) is 69.9 Å². The average Bonchev–Trinajstić information content (AvgIpc) is 2.97. The van der Waals surface area contributed by atoms with Gasteiger partial charge in [0.15, 0.2) is 0 Å². The molecule has 2 aliphatic rings. The van der Waals surface area contributed by atoms with Crippen LogP contribution in [-0.4, -0.2) is 11.6 Å². The maximum atomic E-state index is 3.41. The number of anilines is 1. The maximum absolute atomic E-state index is 3.41. The van der Waals surface area contributed by atoms with Crippen molar-refractivity contribution in [3.8, 4) is 16.8 Å². The first-order valence-corrected chi connectivity index (χ1v) is 13.9. The third kappa shape index (κ3) is 3.32. The lowest BCUT2D eigenvalue weighted by atomic mass is 9.94. The normalized spacial score (nSPS) is 12.7. The van der Waals surface area contributed by atoms with Crippen molar-refractivity contribution in [2.75, 3.05) is 12.4 Å². The highest BCUT2D eigenvalue weighted by Crippen LogP contribution is 2.46. The minimum absolute atomic E-state index is 1.15. The largest absolute Gasteiger partial charge is 0.388 e. The van der Waals surface area contributed by atoms with E-state index in [0.717, 1.165) is 5.69 Å². The molecule has 0 spiro atoms. The van der Waals surface area contributed by atoms with Crippen LogP contribution in [0.25, 0.3) is 64.4 Å². The maximum Gasteiger partial charge on any atom is 0.0713 e. The Morgan fingerprint density at radius 3 is 2.34 bits per heavy atom. The van der Waals surface area contributed by atoms with Crippen LogP contribution < -0.4 is 5.32 Å². The number of hydrogen-bond donors (Lipinski definition) is 1. The van der Waals surface area contributed by atoms with Crippen LogP contribution in [0.1, 0.15) is 19.4 Å². The number of benzene rings is 5. The Labute approximate surface area is 226 Å². The third-order valence-corrected chi connectivity index (χ3v) is 8.71. The summed E-state index contributed by atoms with van der Waals surface area (Å²) in [6, 6.07) is 33.6. The van der Waals surface area contributed by atoms with E-state index in [1.807, 2.05) is 18.4 Å². The summed E-state index contributed by atoms with van der Waals surface area (Å²) in [4.78, 5) is 0. The van der Waals surface area contributed by atoms with Gasteiger partial charge in [0.1, 0.15) is 0 Å². The van der Waals surface area contributed by atoms with Gasteiger partial charge < -0.3 is 9.88 Å². The molecule has 0 unspecified atom stereocenters. The molecule has 5 aromatic carbocycles. The van der Waals surface area contributed by atoms with E-state index in [4.69, 9.17) is 0 Å². The van der Waals surface area contributed by atoms with E-state index in [-0.39, 0.29) is 0 Å². The van der Waals surface area contributed by atoms with Crippen molar-refractivity contribution in [3.63, 3.8) is 0 Å². The molecule has 3 heteroatoms. The molecule has 0 amide bonds. The van der Waals surface area contributed by atoms with Gasteiger partial charge in [-0.15, -0.1) is 11.3 Å². The molecule has 38 heavy (non-hydrogen) atoms. The highest BCUT2D eigenvalue weighted by molar-refractivity contribution is 7.24. The van der Waals surface area contributed by atoms with Gasteiger partial charge in [-0.1, -0.05) is 72.8 Å². The Morgan fingerprint density at radius 2 is 1.55 bits per heavy atom. The topological polar surface area (TPSA) is 17.0 Å². The second-order valence-electron chi connectivity index (χ2n) is 9.71. The van der Waals surface area contributed by atoms with E-state index in [9.17, 15) is 0 Å². The number of aromatic nitrogens is 1. The van der Waals surface area contributed by atoms with Crippen LogP contribution in [0.5, 0.6) is 0 Å². The Balaban J connectivity index is 1.71. The standard InChI is InChI=1S/C35H28N2S/c1-4-10-22(5-2)24-15-17-30-32(20-24)38-33-21-25(23-11-7-6-8-12-23)19-28-26-13-9-14-27-29(36-3)16-18-31(34(26)27)37(30)35(28)33/h4-21,36H,1-3H3/b10-4-,22-5+. The van der Waals surface area contributed by atoms with Crippen LogP contribution in [0.4, 0.5) is 5.69 Å². The van der Waals surface area contributed by atoms with Crippen LogP contribution in [0, 0.1) is 0 Å². The zero-order valence-electron chi connectivity index (χ0n) is 21.7. The third-order valence-electron chi connectivity index (χ3n) is 7.64. The summed E-state index contributed by atoms with van der Waals surface area (Å²) >= 11 is 1.89. The molecular weight excluding hydrogens is 480 g/mol. The number of rotatable bonds is 4. The van der Waals surface area contributed by atoms with Gasteiger partial charge in [-0.2, -0.15) is 0 Å². The van der Waals surface area contributed by atoms with E-state index in [1.54, 1.807) is 0 Å². The predicted molar refractivity (Wildman–Crippen MR) is 168 cm³/mol. The molecule has 0 radical (unpaired) electrons. The molecule has 0 aromatic heterocycles. The monoisotopic (exact) mass is 508 g/mol. The minimum atomic E-state index is 1.15. The minimum Gasteiger partial charge on any atom is -0.388 e. The number of nitrogens with one attached hydrogen (secondary N) is 1. The van der Waals surface area contributed by atoms with E-state index < -0.39 is 0 Å². The SMILES string of the molecule is C/C=C\C(=C/C)c1ccc2c(c1)sc1cc(-c3ccccc3)cc3c1-n2c1ccc(NC)c2cccc3c21. The molecular formula is C35H28N2S. The summed E-state index contributed by atoms with van der Waals surface area (Å²) in [5.41, 5.74) is 9.89. The summed E-state index contributed by atoms with van der Waals surface area (Å²) in [5, 5.41) is 8.55. The van der Waals surface area contributed by atoms with Gasteiger partial charge in [0, 0.05) is 28.9 Å². The van der Waals surface area contributed by atoms with E-state index in [2.05, 4.69) is 133 Å². The zero-order chi connectivity index (χ0) is 25.8. The number of hydrogen-bond acceptors (Lipinski definition) is 2. The summed E-state index contributed by atoms with van der Waals surface area (Å²) in [5.74, 6) is 0. The predicted octanol–water partition coefficient (Wildman–Crippen LogP) is 10.3. The Hall–Kier alpha value is -4.34. The molecule has 2 nitrogen and oxygen atoms in total. The lowest BCUT2D eigenvalue weighted by Crippen LogP contribution is -2.05. The molecule has 184 valence electrons. The van der Waals surface area contributed by atoms with Gasteiger partial charge in [0.05, 0.1) is 26.1 Å². The van der Waals surface area contributed by atoms with Gasteiger partial charge in [-0.25, -0.2) is 0 Å². The molecule has 0 fully saturated rings. The number of nitrogens with zero attached hydrogens (tertiary/aromatic N) is 1. The molecule has 7 rings (SSSR count). The van der Waals surface area contributed by atoms with Crippen LogP contribution in [-0.2, 0) is 0 Å². The van der Waals surface area contributed by atoms with Crippen molar-refractivity contribution in [1.29, 1.82) is 0 Å². The van der Waals surface area contributed by atoms with E-state index in [0.29, 0.717) is 0 Å². The highest BCUT2D eigenvalue weighted by atomic mass is 32.1. The zero-order valence-corrected chi connectivity index (χ0v) is 22.6. The fraction of sp³-hybridized carbons (Fsp3) is 0.0857. The average molecular weight is 509 g/mol. The van der Waals surface area contributed by atoms with Crippen molar-refractivity contribution in [2.45, 2.75) is 13.8 Å². The van der Waals surface area contributed by atoms with Crippen LogP contribution in [0.3, 0.4) is 0 Å². The molecule has 1 N–H and O–H groups in total. The van der Waals surface area contributed by atoms with Gasteiger partial charge in [0.2, 0.25) is 0 Å². The second-order valence-corrected chi connectivity index (χ2v) is 10.8. The van der Waals surface area contributed by atoms with Crippen molar-refractivity contribution in [2.24, 2.45) is 0 Å². The van der Waals surface area contributed by atoms with Crippen molar-refractivity contribution in [3.05, 3.63) is 115 Å². The molecule has 0 atom stereocenters. The lowest BCUT2D eigenvalue weighted by Gasteiger charge is -2.25. The fourth-order valence-corrected chi connectivity index (χ4v) is 7.09. The molecule has 0 aliphatic carbocycles. The number of pyridine rings is 1. The summed E-state index contributed by atoms with van der Waals surface area (Å²) in [6.07, 6.45) is 6.48. The Bertz CT molecular complexity index is 2020. The lowest BCUT2D eigenvalue weighted by molar-refractivity contribution is 1.20. The summed E-state index contributed by atoms with van der Waals surface area (Å²) < 4.78 is 5.06. The van der Waals surface area contributed by atoms with Crippen molar-refractivity contribution >= 4 is 64.6 Å². The fourth-order valence-electron chi connectivity index (χ4n) is 5.92. The molecule has 2 heterocycles. The Morgan fingerprint density at radius 1 is 0.737 bits per heavy atom. The van der Waals surface area contributed by atoms with Crippen molar-refractivity contribution < 1.29 is 0 Å². The smallest absolute Gasteiger partial charge is 0.0713 e. The van der Waals surface area contributed by atoms with Gasteiger partial charge >= 0.3 is 0 Å². The molecule has 0 bridgehead atoms. The van der Waals surface area contributed by atoms with E-state index >= 15 is 0 Å². The summed E-state index contributed by atoms with van der Waals surface area (Å²) in [6.45, 7) is 4.18. The number of fused-ring (bicyclic) bond motifs is 4. The second kappa shape index (κ2) is 8.90. The van der Waals surface area contributed by atoms with Gasteiger partial charge in [-0.3, -0.25) is 0 Å². The molecule has 0 saturated heterocycles. The molecule has 0 saturated carbocycles. The van der Waals surface area contributed by atoms with Crippen LogP contribution in [0.2, 0.25) is 0 Å². The Kier molecular flexibility index (Phi) is 5.34. The molecule has 2 aliphatic heterocycles. The number of allylic oxidation sites excluding steroid dienone is 4. The van der Waals surface area contributed by atoms with Crippen LogP contribution in [0.15, 0.2) is 109 Å². The highest BCUT2D eigenvalue weighted by Gasteiger charge is 2.21. The quantitative estimate of drug-likeness (QED) is 0.142. The molecule has 5 aromatic rings. The first kappa shape index (κ1) is 22.8. The van der Waals surface area contributed by atoms with Gasteiger partial charge in [0.25, 0.3) is 0 Å². The van der Waals surface area contributed by atoms with Crippen molar-refractivity contribution in [1.82, 2.24) is 4.57 Å². The first-order chi connectivity index (χ1) is 18.7.